The van der Waals surface area contributed by atoms with Crippen LogP contribution < -0.4 is 0 Å². The molecule has 0 spiro atoms. The third-order valence-electron chi connectivity index (χ3n) is 11.9. The van der Waals surface area contributed by atoms with Crippen molar-refractivity contribution in [2.45, 2.75) is 49.1 Å². The molecule has 3 aliphatic carbocycles. The number of rotatable bonds is 8. The van der Waals surface area contributed by atoms with Gasteiger partial charge in [0.15, 0.2) is 0 Å². The molecule has 2 heterocycles. The molecule has 5 fully saturated rings. The van der Waals surface area contributed by atoms with E-state index in [4.69, 9.17) is 0 Å². The normalized spacial score (nSPS) is 39.0. The first-order chi connectivity index (χ1) is 20.3. The Bertz CT molecular complexity index is 1390. The van der Waals surface area contributed by atoms with Gasteiger partial charge in [-0.2, -0.15) is 0 Å². The minimum absolute atomic E-state index is 0.138. The van der Waals surface area contributed by atoms with E-state index in [0.29, 0.717) is 10.6 Å². The summed E-state index contributed by atoms with van der Waals surface area (Å²) < 4.78 is 0. The minimum atomic E-state index is 0.138. The molecule has 5 aliphatic rings. The molecule has 0 aromatic heterocycles. The summed E-state index contributed by atoms with van der Waals surface area (Å²) in [5.74, 6) is 4.68. The van der Waals surface area contributed by atoms with Gasteiger partial charge in [-0.3, -0.25) is 0 Å². The summed E-state index contributed by atoms with van der Waals surface area (Å²) in [4.78, 5) is 0. The molecule has 41 heavy (non-hydrogen) atoms. The molecule has 2 saturated heterocycles. The molecular formula is C39H40P2. The van der Waals surface area contributed by atoms with Crippen LogP contribution in [-0.2, 0) is 25.7 Å². The Morgan fingerprint density at radius 1 is 0.561 bits per heavy atom. The maximum atomic E-state index is 2.42. The molecule has 0 nitrogen and oxygen atoms in total. The van der Waals surface area contributed by atoms with Crippen molar-refractivity contribution in [1.29, 1.82) is 0 Å². The predicted molar refractivity (Wildman–Crippen MR) is 175 cm³/mol. The Morgan fingerprint density at radius 3 is 1.54 bits per heavy atom. The van der Waals surface area contributed by atoms with Crippen molar-refractivity contribution in [3.8, 4) is 0 Å². The lowest BCUT2D eigenvalue weighted by molar-refractivity contribution is 0.318. The van der Waals surface area contributed by atoms with E-state index in [2.05, 4.69) is 121 Å². The maximum absolute atomic E-state index is 2.42. The molecule has 8 atom stereocenters. The third-order valence-corrected chi connectivity index (χ3v) is 21.9. The van der Waals surface area contributed by atoms with Crippen molar-refractivity contribution in [2.24, 2.45) is 35.0 Å². The molecule has 0 amide bonds. The Hall–Kier alpha value is -2.26. The van der Waals surface area contributed by atoms with E-state index in [-0.39, 0.29) is 15.2 Å². The van der Waals surface area contributed by atoms with Crippen LogP contribution in [0.3, 0.4) is 0 Å². The van der Waals surface area contributed by atoms with E-state index < -0.39 is 0 Å². The molecular weight excluding hydrogens is 530 g/mol. The number of fused-ring (bicyclic) bond motifs is 2. The van der Waals surface area contributed by atoms with Crippen LogP contribution in [0.2, 0.25) is 0 Å². The Labute approximate surface area is 248 Å². The molecule has 4 aromatic carbocycles. The molecule has 0 bridgehead atoms. The summed E-state index contributed by atoms with van der Waals surface area (Å²) in [7, 11) is 0.357. The molecule has 3 saturated carbocycles. The van der Waals surface area contributed by atoms with Crippen molar-refractivity contribution < 1.29 is 0 Å². The summed E-state index contributed by atoms with van der Waals surface area (Å²) in [6.45, 7) is 0. The van der Waals surface area contributed by atoms with Gasteiger partial charge in [-0.1, -0.05) is 137 Å². The molecule has 0 N–H and O–H groups in total. The lowest BCUT2D eigenvalue weighted by atomic mass is 9.83. The van der Waals surface area contributed by atoms with Gasteiger partial charge in [0.2, 0.25) is 0 Å². The van der Waals surface area contributed by atoms with Crippen LogP contribution in [0.5, 0.6) is 0 Å². The fourth-order valence-electron chi connectivity index (χ4n) is 10.4. The zero-order valence-electron chi connectivity index (χ0n) is 23.9. The van der Waals surface area contributed by atoms with Crippen molar-refractivity contribution in [3.05, 3.63) is 144 Å². The second-order valence-corrected chi connectivity index (χ2v) is 20.8. The molecule has 9 rings (SSSR count). The van der Waals surface area contributed by atoms with Gasteiger partial charge in [0.05, 0.1) is 0 Å². The highest BCUT2D eigenvalue weighted by atomic mass is 32.1. The van der Waals surface area contributed by atoms with Gasteiger partial charge in [-0.15, -0.1) is 0 Å². The molecule has 206 valence electrons. The highest BCUT2D eigenvalue weighted by Gasteiger charge is 3.04. The fraction of sp³-hybridized carbons (Fsp3) is 0.385. The lowest BCUT2D eigenvalue weighted by Crippen LogP contribution is -2.21. The SMILES string of the molecule is c1ccc(CC2C3CCCP4C(Cc5ccccc5)P4C45C(Cc6ccccc6)C4(C32)C5Cc2ccccc2)cc1. The number of benzene rings is 4. The van der Waals surface area contributed by atoms with Crippen LogP contribution in [0.4, 0.5) is 0 Å². The van der Waals surface area contributed by atoms with Gasteiger partial charge in [0.25, 0.3) is 0 Å². The van der Waals surface area contributed by atoms with Crippen LogP contribution in [-0.4, -0.2) is 16.7 Å². The van der Waals surface area contributed by atoms with Crippen molar-refractivity contribution in [2.75, 3.05) is 6.16 Å². The van der Waals surface area contributed by atoms with Crippen LogP contribution in [0, 0.1) is 35.0 Å². The summed E-state index contributed by atoms with van der Waals surface area (Å²) in [5.41, 5.74) is 6.98. The van der Waals surface area contributed by atoms with Gasteiger partial charge in [-0.05, 0) is 102 Å². The summed E-state index contributed by atoms with van der Waals surface area (Å²) in [6, 6.07) is 46.2. The molecule has 8 unspecified atom stereocenters. The zero-order chi connectivity index (χ0) is 27.0. The first-order valence-electron chi connectivity index (χ1n) is 16.0. The number of hydrogen-bond donors (Lipinski definition) is 0. The summed E-state index contributed by atoms with van der Waals surface area (Å²) >= 11 is 0. The van der Waals surface area contributed by atoms with Gasteiger partial charge < -0.3 is 0 Å². The Balaban J connectivity index is 1.11. The third kappa shape index (κ3) is 3.79. The smallest absolute Gasteiger partial charge is 0.0118 e. The van der Waals surface area contributed by atoms with Crippen molar-refractivity contribution in [1.82, 2.24) is 0 Å². The van der Waals surface area contributed by atoms with E-state index in [1.54, 1.807) is 28.4 Å². The standard InChI is InChI=1S/C39H40P2/c1-5-14-28(15-6-1)24-33-32-22-13-23-40-36(27-31-20-11-4-12-21-31)41(40)39-34(25-29-16-7-2-8-17-29)38(39,37(32)33)35(39)26-30-18-9-3-10-19-30/h1-12,14-21,32-37H,13,22-27H2. The van der Waals surface area contributed by atoms with Gasteiger partial charge in [0.1, 0.15) is 0 Å². The monoisotopic (exact) mass is 570 g/mol. The van der Waals surface area contributed by atoms with E-state index in [0.717, 1.165) is 35.0 Å². The van der Waals surface area contributed by atoms with E-state index in [1.165, 1.54) is 38.5 Å². The highest BCUT2D eigenvalue weighted by Crippen LogP contribution is 3.17. The van der Waals surface area contributed by atoms with Gasteiger partial charge in [0, 0.05) is 10.6 Å². The van der Waals surface area contributed by atoms with E-state index in [1.807, 2.05) is 0 Å². The van der Waals surface area contributed by atoms with Crippen molar-refractivity contribution in [3.63, 3.8) is 0 Å². The van der Waals surface area contributed by atoms with Crippen molar-refractivity contribution >= 4 is 15.2 Å². The van der Waals surface area contributed by atoms with Crippen LogP contribution in [0.15, 0.2) is 121 Å². The Kier molecular flexibility index (Phi) is 5.93. The van der Waals surface area contributed by atoms with Crippen LogP contribution in [0.25, 0.3) is 0 Å². The molecule has 0 radical (unpaired) electrons. The minimum Gasteiger partial charge on any atom is -0.0715 e. The first-order valence-corrected chi connectivity index (χ1v) is 19.8. The zero-order valence-corrected chi connectivity index (χ0v) is 25.6. The maximum Gasteiger partial charge on any atom is 0.0118 e. The summed E-state index contributed by atoms with van der Waals surface area (Å²) in [5, 5.41) is 1.68. The average Bonchev–Trinajstić information content (AvgIpc) is 3.98. The molecule has 2 heteroatoms. The lowest BCUT2D eigenvalue weighted by Gasteiger charge is -2.25. The van der Waals surface area contributed by atoms with E-state index >= 15 is 0 Å². The van der Waals surface area contributed by atoms with Crippen LogP contribution >= 0.6 is 15.2 Å². The fourth-order valence-corrected chi connectivity index (χ4v) is 23.3. The topological polar surface area (TPSA) is 0 Å². The predicted octanol–water partition coefficient (Wildman–Crippen LogP) is 9.82. The second kappa shape index (κ2) is 9.63. The quantitative estimate of drug-likeness (QED) is 0.185. The first kappa shape index (κ1) is 25.3. The van der Waals surface area contributed by atoms with E-state index in [9.17, 15) is 0 Å². The largest absolute Gasteiger partial charge is 0.0715 e. The summed E-state index contributed by atoms with van der Waals surface area (Å²) in [6.07, 6.45) is 9.88. The second-order valence-electron chi connectivity index (χ2n) is 13.6. The highest BCUT2D eigenvalue weighted by molar-refractivity contribution is 8.47. The Morgan fingerprint density at radius 2 is 1.02 bits per heavy atom. The average molecular weight is 571 g/mol. The molecule has 2 aliphatic heterocycles. The molecule has 4 aromatic rings. The van der Waals surface area contributed by atoms with Crippen LogP contribution in [0.1, 0.15) is 35.1 Å². The van der Waals surface area contributed by atoms with Gasteiger partial charge >= 0.3 is 0 Å². The number of hydrogen-bond acceptors (Lipinski definition) is 0. The van der Waals surface area contributed by atoms with Gasteiger partial charge in [-0.25, -0.2) is 0 Å².